The average molecular weight is 247 g/mol. The third-order valence-corrected chi connectivity index (χ3v) is 2.68. The molecular weight excluding hydrogens is 230 g/mol. The van der Waals surface area contributed by atoms with Crippen LogP contribution in [0.5, 0.6) is 0 Å². The smallest absolute Gasteiger partial charge is 0.328 e. The normalized spacial score (nSPS) is 12.9. The molecule has 4 nitrogen and oxygen atoms in total. The first-order valence-electron chi connectivity index (χ1n) is 5.75. The van der Waals surface area contributed by atoms with Gasteiger partial charge in [0.25, 0.3) is 0 Å². The van der Waals surface area contributed by atoms with Gasteiger partial charge in [0.05, 0.1) is 0 Å². The van der Waals surface area contributed by atoms with Crippen LogP contribution in [0.15, 0.2) is 42.0 Å². The Morgan fingerprint density at radius 3 is 2.44 bits per heavy atom. The van der Waals surface area contributed by atoms with E-state index < -0.39 is 5.97 Å². The number of carbonyl (C=O) groups is 2. The van der Waals surface area contributed by atoms with E-state index in [4.69, 9.17) is 5.11 Å². The number of rotatable bonds is 5. The summed E-state index contributed by atoms with van der Waals surface area (Å²) in [5.41, 5.74) is 1.36. The van der Waals surface area contributed by atoms with Gasteiger partial charge < -0.3 is 10.4 Å². The van der Waals surface area contributed by atoms with Crippen LogP contribution in [0.3, 0.4) is 0 Å². The van der Waals surface area contributed by atoms with E-state index in [2.05, 4.69) is 5.32 Å². The predicted octanol–water partition coefficient (Wildman–Crippen LogP) is 1.62. The summed E-state index contributed by atoms with van der Waals surface area (Å²) in [5, 5.41) is 11.3. The molecule has 0 radical (unpaired) electrons. The molecule has 0 aliphatic heterocycles. The van der Waals surface area contributed by atoms with Crippen molar-refractivity contribution in [2.45, 2.75) is 13.3 Å². The topological polar surface area (TPSA) is 66.4 Å². The molecule has 0 saturated heterocycles. The number of carboxylic acid groups (broad SMARTS) is 1. The van der Waals surface area contributed by atoms with Crippen molar-refractivity contribution in [3.8, 4) is 0 Å². The molecule has 0 aliphatic carbocycles. The number of benzene rings is 1. The summed E-state index contributed by atoms with van der Waals surface area (Å²) in [6.07, 6.45) is 1.61. The van der Waals surface area contributed by atoms with Crippen LogP contribution in [0.25, 0.3) is 0 Å². The third kappa shape index (κ3) is 4.05. The third-order valence-electron chi connectivity index (χ3n) is 2.68. The first-order chi connectivity index (χ1) is 8.54. The van der Waals surface area contributed by atoms with Crippen molar-refractivity contribution in [1.82, 2.24) is 5.32 Å². The Balaban J connectivity index is 2.87. The van der Waals surface area contributed by atoms with Crippen LogP contribution in [0.1, 0.15) is 12.5 Å². The molecule has 0 saturated carbocycles. The van der Waals surface area contributed by atoms with Gasteiger partial charge >= 0.3 is 5.97 Å². The molecule has 2 N–H and O–H groups in total. The van der Waals surface area contributed by atoms with Crippen molar-refractivity contribution in [1.29, 1.82) is 0 Å². The summed E-state index contributed by atoms with van der Waals surface area (Å²) in [7, 11) is 1.49. The van der Waals surface area contributed by atoms with Crippen LogP contribution in [0.2, 0.25) is 0 Å². The number of hydrogen-bond donors (Lipinski definition) is 2. The van der Waals surface area contributed by atoms with E-state index in [9.17, 15) is 9.59 Å². The van der Waals surface area contributed by atoms with Gasteiger partial charge in [0.1, 0.15) is 0 Å². The van der Waals surface area contributed by atoms with Crippen LogP contribution >= 0.6 is 0 Å². The zero-order valence-electron chi connectivity index (χ0n) is 10.5. The van der Waals surface area contributed by atoms with Gasteiger partial charge in [-0.3, -0.25) is 4.79 Å². The number of carbonyl (C=O) groups excluding carboxylic acids is 1. The quantitative estimate of drug-likeness (QED) is 0.777. The van der Waals surface area contributed by atoms with Crippen molar-refractivity contribution in [2.24, 2.45) is 5.92 Å². The number of likely N-dealkylation sites (N-methyl/N-ethyl adjacent to an activating group) is 1. The van der Waals surface area contributed by atoms with Crippen molar-refractivity contribution < 1.29 is 14.7 Å². The van der Waals surface area contributed by atoms with E-state index >= 15 is 0 Å². The minimum atomic E-state index is -1.10. The summed E-state index contributed by atoms with van der Waals surface area (Å²) >= 11 is 0. The van der Waals surface area contributed by atoms with Gasteiger partial charge in [0.15, 0.2) is 0 Å². The number of carboxylic acids is 1. The Kier molecular flexibility index (Phi) is 5.11. The molecule has 0 bridgehead atoms. The van der Waals surface area contributed by atoms with E-state index in [1.54, 1.807) is 0 Å². The summed E-state index contributed by atoms with van der Waals surface area (Å²) in [6.45, 7) is 1.84. The van der Waals surface area contributed by atoms with Gasteiger partial charge in [0.2, 0.25) is 5.91 Å². The fourth-order valence-electron chi connectivity index (χ4n) is 1.79. The SMILES string of the molecule is CNC(=O)/C(=C/C(=O)O)C(C)Cc1ccccc1. The monoisotopic (exact) mass is 247 g/mol. The van der Waals surface area contributed by atoms with Crippen molar-refractivity contribution in [2.75, 3.05) is 7.05 Å². The molecule has 0 aliphatic rings. The lowest BCUT2D eigenvalue weighted by Crippen LogP contribution is -2.25. The second-order valence-corrected chi connectivity index (χ2v) is 4.11. The van der Waals surface area contributed by atoms with Gasteiger partial charge in [-0.15, -0.1) is 0 Å². The highest BCUT2D eigenvalue weighted by atomic mass is 16.4. The zero-order chi connectivity index (χ0) is 13.5. The molecule has 1 aromatic rings. The van der Waals surface area contributed by atoms with Gasteiger partial charge in [-0.25, -0.2) is 4.79 Å². The Hall–Kier alpha value is -2.10. The first kappa shape index (κ1) is 14.0. The predicted molar refractivity (Wildman–Crippen MR) is 69.1 cm³/mol. The van der Waals surface area contributed by atoms with Crippen LogP contribution in [0, 0.1) is 5.92 Å². The standard InChI is InChI=1S/C14H17NO3/c1-10(8-11-6-4-3-5-7-11)12(9-13(16)17)14(18)15-2/h3-7,9-10H,8H2,1-2H3,(H,15,18)(H,16,17)/b12-9+. The maximum Gasteiger partial charge on any atom is 0.328 e. The second-order valence-electron chi connectivity index (χ2n) is 4.11. The average Bonchev–Trinajstić information content (AvgIpc) is 2.36. The Morgan fingerprint density at radius 1 is 1.33 bits per heavy atom. The Morgan fingerprint density at radius 2 is 1.94 bits per heavy atom. The van der Waals surface area contributed by atoms with Crippen LogP contribution in [-0.4, -0.2) is 24.0 Å². The molecule has 0 heterocycles. The van der Waals surface area contributed by atoms with Crippen molar-refractivity contribution in [3.05, 3.63) is 47.5 Å². The number of aliphatic carboxylic acids is 1. The zero-order valence-corrected chi connectivity index (χ0v) is 10.5. The highest BCUT2D eigenvalue weighted by molar-refractivity contribution is 5.99. The summed E-state index contributed by atoms with van der Waals surface area (Å²) in [4.78, 5) is 22.4. The van der Waals surface area contributed by atoms with E-state index in [1.807, 2.05) is 37.3 Å². The molecule has 0 aromatic heterocycles. The highest BCUT2D eigenvalue weighted by Crippen LogP contribution is 2.17. The lowest BCUT2D eigenvalue weighted by atomic mass is 9.92. The number of hydrogen-bond acceptors (Lipinski definition) is 2. The van der Waals surface area contributed by atoms with Gasteiger partial charge in [0, 0.05) is 18.7 Å². The molecule has 1 atom stereocenters. The fraction of sp³-hybridized carbons (Fsp3) is 0.286. The fourth-order valence-corrected chi connectivity index (χ4v) is 1.79. The maximum atomic E-state index is 11.6. The van der Waals surface area contributed by atoms with Crippen molar-refractivity contribution in [3.63, 3.8) is 0 Å². The van der Waals surface area contributed by atoms with Crippen LogP contribution < -0.4 is 5.32 Å². The largest absolute Gasteiger partial charge is 0.478 e. The molecule has 0 fully saturated rings. The summed E-state index contributed by atoms with van der Waals surface area (Å²) < 4.78 is 0. The summed E-state index contributed by atoms with van der Waals surface area (Å²) in [5.74, 6) is -1.60. The Bertz CT molecular complexity index is 451. The maximum absolute atomic E-state index is 11.6. The van der Waals surface area contributed by atoms with Crippen molar-refractivity contribution >= 4 is 11.9 Å². The van der Waals surface area contributed by atoms with E-state index in [0.29, 0.717) is 6.42 Å². The highest BCUT2D eigenvalue weighted by Gasteiger charge is 2.17. The van der Waals surface area contributed by atoms with E-state index in [0.717, 1.165) is 11.6 Å². The van der Waals surface area contributed by atoms with E-state index in [-0.39, 0.29) is 17.4 Å². The molecule has 1 unspecified atom stereocenters. The molecule has 1 rings (SSSR count). The molecule has 1 aromatic carbocycles. The van der Waals surface area contributed by atoms with Gasteiger partial charge in [-0.05, 0) is 17.9 Å². The minimum absolute atomic E-state index is 0.150. The molecule has 0 spiro atoms. The van der Waals surface area contributed by atoms with Crippen LogP contribution in [0.4, 0.5) is 0 Å². The van der Waals surface area contributed by atoms with Gasteiger partial charge in [-0.2, -0.15) is 0 Å². The molecule has 18 heavy (non-hydrogen) atoms. The minimum Gasteiger partial charge on any atom is -0.478 e. The second kappa shape index (κ2) is 6.59. The number of nitrogens with one attached hydrogen (secondary N) is 1. The molecule has 1 amide bonds. The first-order valence-corrected chi connectivity index (χ1v) is 5.75. The Labute approximate surface area is 106 Å². The molecule has 96 valence electrons. The van der Waals surface area contributed by atoms with E-state index in [1.165, 1.54) is 7.05 Å². The molecule has 4 heteroatoms. The lowest BCUT2D eigenvalue weighted by molar-refractivity contribution is -0.132. The number of amides is 1. The van der Waals surface area contributed by atoms with Crippen LogP contribution in [-0.2, 0) is 16.0 Å². The lowest BCUT2D eigenvalue weighted by Gasteiger charge is -2.14. The molecular formula is C14H17NO3. The summed E-state index contributed by atoms with van der Waals surface area (Å²) in [6, 6.07) is 9.67. The van der Waals surface area contributed by atoms with Gasteiger partial charge in [-0.1, -0.05) is 37.3 Å².